The number of hydrazone groups is 1. The Balaban J connectivity index is 1.59. The molecule has 0 fully saturated rings. The third kappa shape index (κ3) is 4.72. The molecule has 0 saturated heterocycles. The van der Waals surface area contributed by atoms with Gasteiger partial charge in [0.1, 0.15) is 6.20 Å². The van der Waals surface area contributed by atoms with Crippen LogP contribution in [0.4, 0.5) is 11.4 Å². The van der Waals surface area contributed by atoms with E-state index in [-0.39, 0.29) is 17.5 Å². The first-order valence-corrected chi connectivity index (χ1v) is 10.2. The lowest BCUT2D eigenvalue weighted by atomic mass is 10.1. The van der Waals surface area contributed by atoms with E-state index in [1.54, 1.807) is 31.2 Å². The normalized spacial score (nSPS) is 14.4. The van der Waals surface area contributed by atoms with Crippen LogP contribution in [0.1, 0.15) is 19.4 Å². The first-order valence-electron chi connectivity index (χ1n) is 10.2. The maximum Gasteiger partial charge on any atom is 0.287 e. The van der Waals surface area contributed by atoms with Gasteiger partial charge < -0.3 is 9.47 Å². The van der Waals surface area contributed by atoms with E-state index >= 15 is 0 Å². The number of rotatable bonds is 7. The molecule has 0 N–H and O–H groups in total. The van der Waals surface area contributed by atoms with E-state index in [2.05, 4.69) is 10.1 Å². The SMILES string of the molecule is CCOc1cc(/C=C2/C(=O)N(c3ccccc3)N=C2C)ccc1Oc1ccc([N+](=O)[O-])cn1. The van der Waals surface area contributed by atoms with E-state index in [4.69, 9.17) is 9.47 Å². The van der Waals surface area contributed by atoms with E-state index in [1.165, 1.54) is 17.1 Å². The lowest BCUT2D eigenvalue weighted by Crippen LogP contribution is -2.21. The predicted molar refractivity (Wildman–Crippen MR) is 124 cm³/mol. The molecule has 4 rings (SSSR count). The largest absolute Gasteiger partial charge is 0.490 e. The van der Waals surface area contributed by atoms with Crippen LogP contribution in [-0.4, -0.2) is 28.1 Å². The minimum absolute atomic E-state index is 0.128. The van der Waals surface area contributed by atoms with Crippen LogP contribution in [0.15, 0.2) is 77.5 Å². The van der Waals surface area contributed by atoms with Gasteiger partial charge in [-0.1, -0.05) is 24.3 Å². The highest BCUT2D eigenvalue weighted by Crippen LogP contribution is 2.33. The van der Waals surface area contributed by atoms with Gasteiger partial charge in [0, 0.05) is 12.1 Å². The zero-order valence-corrected chi connectivity index (χ0v) is 18.0. The number of benzene rings is 2. The molecule has 9 nitrogen and oxygen atoms in total. The number of pyridine rings is 1. The van der Waals surface area contributed by atoms with Crippen LogP contribution in [0.25, 0.3) is 6.08 Å². The Morgan fingerprint density at radius 3 is 2.55 bits per heavy atom. The number of para-hydroxylation sites is 1. The number of amides is 1. The predicted octanol–water partition coefficient (Wildman–Crippen LogP) is 4.99. The standard InChI is InChI=1S/C24H20N4O5/c1-3-32-22-14-17(9-11-21(22)33-23-12-10-19(15-25-23)28(30)31)13-20-16(2)26-27(24(20)29)18-7-5-4-6-8-18/h4-15H,3H2,1-2H3/b20-13+. The van der Waals surface area contributed by atoms with Crippen molar-refractivity contribution >= 4 is 29.1 Å². The number of carbonyl (C=O) groups is 1. The second kappa shape index (κ2) is 9.31. The molecule has 3 aromatic rings. The van der Waals surface area contributed by atoms with Gasteiger partial charge in [0.15, 0.2) is 11.5 Å². The molecule has 2 heterocycles. The van der Waals surface area contributed by atoms with Gasteiger partial charge in [-0.3, -0.25) is 14.9 Å². The van der Waals surface area contributed by atoms with Crippen LogP contribution >= 0.6 is 0 Å². The fraction of sp³-hybridized carbons (Fsp3) is 0.125. The number of ether oxygens (including phenoxy) is 2. The molecule has 0 radical (unpaired) electrons. The molecule has 0 saturated carbocycles. The van der Waals surface area contributed by atoms with Crippen LogP contribution < -0.4 is 14.5 Å². The smallest absolute Gasteiger partial charge is 0.287 e. The number of anilines is 1. The second-order valence-electron chi connectivity index (χ2n) is 7.05. The van der Waals surface area contributed by atoms with E-state index < -0.39 is 4.92 Å². The molecule has 0 aliphatic carbocycles. The highest BCUT2D eigenvalue weighted by molar-refractivity contribution is 6.32. The fourth-order valence-corrected chi connectivity index (χ4v) is 3.22. The highest BCUT2D eigenvalue weighted by atomic mass is 16.6. The van der Waals surface area contributed by atoms with Crippen LogP contribution in [0, 0.1) is 10.1 Å². The van der Waals surface area contributed by atoms with Crippen LogP contribution in [0.2, 0.25) is 0 Å². The van der Waals surface area contributed by atoms with Gasteiger partial charge in [0.2, 0.25) is 5.88 Å². The summed E-state index contributed by atoms with van der Waals surface area (Å²) in [5, 5.41) is 16.6. The molecule has 1 amide bonds. The van der Waals surface area contributed by atoms with Crippen molar-refractivity contribution in [3.8, 4) is 17.4 Å². The fourth-order valence-electron chi connectivity index (χ4n) is 3.22. The van der Waals surface area contributed by atoms with Crippen molar-refractivity contribution in [2.75, 3.05) is 11.6 Å². The molecule has 0 unspecified atom stereocenters. The Labute approximate surface area is 189 Å². The first kappa shape index (κ1) is 21.7. The highest BCUT2D eigenvalue weighted by Gasteiger charge is 2.28. The first-order chi connectivity index (χ1) is 16.0. The van der Waals surface area contributed by atoms with Gasteiger partial charge in [-0.15, -0.1) is 0 Å². The van der Waals surface area contributed by atoms with Gasteiger partial charge in [0.05, 0.1) is 28.5 Å². The molecule has 1 aliphatic heterocycles. The van der Waals surface area contributed by atoms with E-state index in [9.17, 15) is 14.9 Å². The van der Waals surface area contributed by atoms with Crippen LogP contribution in [0.3, 0.4) is 0 Å². The van der Waals surface area contributed by atoms with Gasteiger partial charge in [-0.05, 0) is 49.8 Å². The molecule has 0 spiro atoms. The van der Waals surface area contributed by atoms with E-state index in [0.29, 0.717) is 35.1 Å². The minimum atomic E-state index is -0.529. The van der Waals surface area contributed by atoms with Crippen molar-refractivity contribution in [3.05, 3.63) is 88.1 Å². The third-order valence-corrected chi connectivity index (χ3v) is 4.79. The Morgan fingerprint density at radius 1 is 1.09 bits per heavy atom. The molecule has 9 heteroatoms. The van der Waals surface area contributed by atoms with Gasteiger partial charge >= 0.3 is 0 Å². The third-order valence-electron chi connectivity index (χ3n) is 4.79. The molecule has 1 aromatic heterocycles. The maximum atomic E-state index is 12.9. The number of aromatic nitrogens is 1. The van der Waals surface area contributed by atoms with Crippen molar-refractivity contribution in [2.45, 2.75) is 13.8 Å². The average Bonchev–Trinajstić information content (AvgIpc) is 3.10. The molecule has 33 heavy (non-hydrogen) atoms. The summed E-state index contributed by atoms with van der Waals surface area (Å²) in [6, 6.07) is 17.2. The van der Waals surface area contributed by atoms with E-state index in [1.807, 2.05) is 37.3 Å². The zero-order chi connectivity index (χ0) is 23.4. The molecule has 0 bridgehead atoms. The maximum absolute atomic E-state index is 12.9. The molecule has 1 aliphatic rings. The van der Waals surface area contributed by atoms with Crippen molar-refractivity contribution in [3.63, 3.8) is 0 Å². The summed E-state index contributed by atoms with van der Waals surface area (Å²) in [5.41, 5.74) is 2.39. The molecular formula is C24H20N4O5. The Bertz CT molecular complexity index is 1250. The number of hydrogen-bond acceptors (Lipinski definition) is 7. The topological polar surface area (TPSA) is 107 Å². The Hall–Kier alpha value is -4.53. The minimum Gasteiger partial charge on any atom is -0.490 e. The summed E-state index contributed by atoms with van der Waals surface area (Å²) in [7, 11) is 0. The zero-order valence-electron chi connectivity index (χ0n) is 18.0. The van der Waals surface area contributed by atoms with E-state index in [0.717, 1.165) is 11.8 Å². The number of nitro groups is 1. The molecule has 166 valence electrons. The summed E-state index contributed by atoms with van der Waals surface area (Å²) >= 11 is 0. The number of hydrogen-bond donors (Lipinski definition) is 0. The monoisotopic (exact) mass is 444 g/mol. The number of nitrogens with zero attached hydrogens (tertiary/aromatic N) is 4. The summed E-state index contributed by atoms with van der Waals surface area (Å²) in [6.45, 7) is 4.02. The molecule has 2 aromatic carbocycles. The van der Waals surface area contributed by atoms with Gasteiger partial charge in [0.25, 0.3) is 11.6 Å². The van der Waals surface area contributed by atoms with Crippen LogP contribution in [-0.2, 0) is 4.79 Å². The Kier molecular flexibility index (Phi) is 6.12. The Morgan fingerprint density at radius 2 is 1.88 bits per heavy atom. The summed E-state index contributed by atoms with van der Waals surface area (Å²) in [5.74, 6) is 0.827. The molecular weight excluding hydrogens is 424 g/mol. The van der Waals surface area contributed by atoms with Crippen molar-refractivity contribution in [2.24, 2.45) is 5.10 Å². The second-order valence-corrected chi connectivity index (χ2v) is 7.05. The lowest BCUT2D eigenvalue weighted by Gasteiger charge is -2.12. The van der Waals surface area contributed by atoms with Crippen molar-refractivity contribution in [1.82, 2.24) is 4.98 Å². The van der Waals surface area contributed by atoms with Crippen LogP contribution in [0.5, 0.6) is 17.4 Å². The van der Waals surface area contributed by atoms with Crippen molar-refractivity contribution < 1.29 is 19.2 Å². The summed E-state index contributed by atoms with van der Waals surface area (Å²) in [4.78, 5) is 27.2. The summed E-state index contributed by atoms with van der Waals surface area (Å²) < 4.78 is 11.5. The quantitative estimate of drug-likeness (QED) is 0.289. The lowest BCUT2D eigenvalue weighted by molar-refractivity contribution is -0.385. The van der Waals surface area contributed by atoms with Crippen molar-refractivity contribution in [1.29, 1.82) is 0 Å². The molecule has 0 atom stereocenters. The van der Waals surface area contributed by atoms with Gasteiger partial charge in [-0.2, -0.15) is 10.1 Å². The average molecular weight is 444 g/mol. The summed E-state index contributed by atoms with van der Waals surface area (Å²) in [6.07, 6.45) is 2.88. The van der Waals surface area contributed by atoms with Gasteiger partial charge in [-0.25, -0.2) is 4.98 Å². The number of carbonyl (C=O) groups excluding carboxylic acids is 1.